The fraction of sp³-hybridized carbons (Fsp3) is 0.235. The van der Waals surface area contributed by atoms with Gasteiger partial charge in [-0.15, -0.1) is 0 Å². The molecule has 2 aromatic heterocycles. The van der Waals surface area contributed by atoms with Crippen LogP contribution < -0.4 is 10.1 Å². The minimum absolute atomic E-state index is 0.198. The van der Waals surface area contributed by atoms with Crippen LogP contribution in [0.3, 0.4) is 0 Å². The van der Waals surface area contributed by atoms with Gasteiger partial charge in [-0.3, -0.25) is 14.2 Å². The minimum atomic E-state index is -0.198. The summed E-state index contributed by atoms with van der Waals surface area (Å²) in [6, 6.07) is 7.79. The number of anilines is 1. The molecule has 0 atom stereocenters. The van der Waals surface area contributed by atoms with Crippen LogP contribution in [0.4, 0.5) is 5.69 Å². The second-order valence-electron chi connectivity index (χ2n) is 5.32. The quantitative estimate of drug-likeness (QED) is 0.755. The molecule has 124 valence electrons. The van der Waals surface area contributed by atoms with Crippen LogP contribution in [0.1, 0.15) is 22.8 Å². The van der Waals surface area contributed by atoms with Crippen LogP contribution in [0.15, 0.2) is 49.1 Å². The zero-order valence-corrected chi connectivity index (χ0v) is 13.6. The number of aromatic nitrogens is 4. The fourth-order valence-electron chi connectivity index (χ4n) is 2.33. The lowest BCUT2D eigenvalue weighted by atomic mass is 10.2. The van der Waals surface area contributed by atoms with E-state index in [1.165, 1.54) is 0 Å². The van der Waals surface area contributed by atoms with Crippen molar-refractivity contribution in [1.29, 1.82) is 0 Å². The average molecular weight is 325 g/mol. The molecule has 0 bridgehead atoms. The normalized spacial score (nSPS) is 10.6. The van der Waals surface area contributed by atoms with Gasteiger partial charge in [-0.1, -0.05) is 12.1 Å². The van der Waals surface area contributed by atoms with Crippen LogP contribution >= 0.6 is 0 Å². The Morgan fingerprint density at radius 2 is 2.04 bits per heavy atom. The lowest BCUT2D eigenvalue weighted by Crippen LogP contribution is -2.10. The summed E-state index contributed by atoms with van der Waals surface area (Å²) in [6.07, 6.45) is 6.69. The molecule has 0 unspecified atom stereocenters. The Morgan fingerprint density at radius 3 is 2.79 bits per heavy atom. The first kappa shape index (κ1) is 15.8. The van der Waals surface area contributed by atoms with Gasteiger partial charge in [0.05, 0.1) is 37.3 Å². The molecule has 3 aromatic rings. The number of rotatable bonds is 6. The Balaban J connectivity index is 1.65. The van der Waals surface area contributed by atoms with Crippen molar-refractivity contribution < 1.29 is 9.53 Å². The van der Waals surface area contributed by atoms with Gasteiger partial charge in [-0.25, -0.2) is 0 Å². The molecule has 24 heavy (non-hydrogen) atoms. The highest BCUT2D eigenvalue weighted by Gasteiger charge is 2.10. The number of carbonyl (C=O) groups is 1. The second-order valence-corrected chi connectivity index (χ2v) is 5.32. The Labute approximate surface area is 139 Å². The Kier molecular flexibility index (Phi) is 4.60. The summed E-state index contributed by atoms with van der Waals surface area (Å²) in [5, 5.41) is 11.2. The van der Waals surface area contributed by atoms with E-state index in [9.17, 15) is 4.79 Å². The van der Waals surface area contributed by atoms with Gasteiger partial charge in [0, 0.05) is 18.9 Å². The zero-order chi connectivity index (χ0) is 16.9. The van der Waals surface area contributed by atoms with Gasteiger partial charge in [-0.2, -0.15) is 10.2 Å². The van der Waals surface area contributed by atoms with Crippen molar-refractivity contribution in [2.24, 2.45) is 0 Å². The molecular formula is C17H19N5O2. The van der Waals surface area contributed by atoms with Gasteiger partial charge in [0.1, 0.15) is 5.75 Å². The first-order valence-corrected chi connectivity index (χ1v) is 7.67. The zero-order valence-electron chi connectivity index (χ0n) is 13.6. The summed E-state index contributed by atoms with van der Waals surface area (Å²) in [5.41, 5.74) is 2.24. The number of hydrogen-bond acceptors (Lipinski definition) is 4. The van der Waals surface area contributed by atoms with Crippen LogP contribution in [0.5, 0.6) is 5.75 Å². The Hall–Kier alpha value is -3.09. The van der Waals surface area contributed by atoms with Gasteiger partial charge in [-0.05, 0) is 24.6 Å². The molecule has 0 fully saturated rings. The molecule has 0 radical (unpaired) electrons. The first-order valence-electron chi connectivity index (χ1n) is 7.67. The molecule has 0 saturated heterocycles. The van der Waals surface area contributed by atoms with E-state index in [1.54, 1.807) is 41.3 Å². The highest BCUT2D eigenvalue weighted by Crippen LogP contribution is 2.15. The highest BCUT2D eigenvalue weighted by atomic mass is 16.5. The second kappa shape index (κ2) is 6.99. The number of benzene rings is 1. The largest absolute Gasteiger partial charge is 0.497 e. The lowest BCUT2D eigenvalue weighted by Gasteiger charge is -2.04. The average Bonchev–Trinajstić information content (AvgIpc) is 3.24. The monoisotopic (exact) mass is 325 g/mol. The van der Waals surface area contributed by atoms with Gasteiger partial charge in [0.15, 0.2) is 0 Å². The van der Waals surface area contributed by atoms with Crippen molar-refractivity contribution in [3.05, 3.63) is 60.2 Å². The van der Waals surface area contributed by atoms with E-state index in [1.807, 2.05) is 31.2 Å². The number of nitrogens with zero attached hydrogens (tertiary/aromatic N) is 4. The summed E-state index contributed by atoms with van der Waals surface area (Å²) in [5.74, 6) is 0.608. The fourth-order valence-corrected chi connectivity index (χ4v) is 2.33. The number of aryl methyl sites for hydroxylation is 1. The molecule has 0 spiro atoms. The van der Waals surface area contributed by atoms with E-state index in [-0.39, 0.29) is 5.91 Å². The molecule has 3 rings (SSSR count). The number of ether oxygens (including phenoxy) is 1. The molecule has 1 aromatic carbocycles. The van der Waals surface area contributed by atoms with E-state index in [0.29, 0.717) is 17.8 Å². The van der Waals surface area contributed by atoms with E-state index in [0.717, 1.165) is 17.9 Å². The maximum atomic E-state index is 12.2. The maximum Gasteiger partial charge on any atom is 0.258 e. The Bertz CT molecular complexity index is 837. The summed E-state index contributed by atoms with van der Waals surface area (Å²) in [4.78, 5) is 12.2. The summed E-state index contributed by atoms with van der Waals surface area (Å²) in [6.45, 7) is 3.30. The predicted octanol–water partition coefficient (Wildman–Crippen LogP) is 2.41. The van der Waals surface area contributed by atoms with Gasteiger partial charge in [0.25, 0.3) is 5.91 Å². The smallest absolute Gasteiger partial charge is 0.258 e. The van der Waals surface area contributed by atoms with Gasteiger partial charge < -0.3 is 10.1 Å². The van der Waals surface area contributed by atoms with Crippen molar-refractivity contribution in [3.8, 4) is 5.75 Å². The molecule has 0 aliphatic rings. The molecule has 1 N–H and O–H groups in total. The van der Waals surface area contributed by atoms with Crippen LogP contribution in [0.2, 0.25) is 0 Å². The van der Waals surface area contributed by atoms with E-state index < -0.39 is 0 Å². The molecule has 1 amide bonds. The molecule has 7 heteroatoms. The van der Waals surface area contributed by atoms with E-state index in [2.05, 4.69) is 15.5 Å². The van der Waals surface area contributed by atoms with Crippen molar-refractivity contribution >= 4 is 11.6 Å². The number of nitrogens with one attached hydrogen (secondary N) is 1. The van der Waals surface area contributed by atoms with E-state index in [4.69, 9.17) is 4.74 Å². The Morgan fingerprint density at radius 1 is 1.21 bits per heavy atom. The summed E-state index contributed by atoms with van der Waals surface area (Å²) < 4.78 is 8.69. The van der Waals surface area contributed by atoms with Crippen LogP contribution in [0, 0.1) is 0 Å². The van der Waals surface area contributed by atoms with Crippen molar-refractivity contribution in [2.75, 3.05) is 12.4 Å². The number of hydrogen-bond donors (Lipinski definition) is 1. The minimum Gasteiger partial charge on any atom is -0.497 e. The van der Waals surface area contributed by atoms with Crippen LogP contribution in [-0.4, -0.2) is 32.6 Å². The van der Waals surface area contributed by atoms with Crippen molar-refractivity contribution in [2.45, 2.75) is 20.0 Å². The molecule has 0 aliphatic carbocycles. The topological polar surface area (TPSA) is 74.0 Å². The van der Waals surface area contributed by atoms with Crippen molar-refractivity contribution in [3.63, 3.8) is 0 Å². The van der Waals surface area contributed by atoms with Crippen LogP contribution in [0.25, 0.3) is 0 Å². The van der Waals surface area contributed by atoms with Crippen LogP contribution in [-0.2, 0) is 13.1 Å². The third kappa shape index (κ3) is 3.62. The number of amides is 1. The molecule has 0 aliphatic heterocycles. The number of carbonyl (C=O) groups excluding carboxylic acids is 1. The third-order valence-corrected chi connectivity index (χ3v) is 3.59. The van der Waals surface area contributed by atoms with Crippen molar-refractivity contribution in [1.82, 2.24) is 19.6 Å². The number of methoxy groups -OCH3 is 1. The maximum absolute atomic E-state index is 12.2. The predicted molar refractivity (Wildman–Crippen MR) is 90.2 cm³/mol. The van der Waals surface area contributed by atoms with Gasteiger partial charge >= 0.3 is 0 Å². The SMILES string of the molecule is CCn1cc(C(=O)Nc2cnn(Cc3cccc(OC)c3)c2)cn1. The first-order chi connectivity index (χ1) is 11.7. The standard InChI is InChI=1S/C17H19N5O2/c1-3-21-11-14(8-18-21)17(23)20-15-9-19-22(12-15)10-13-5-4-6-16(7-13)24-2/h4-9,11-12H,3,10H2,1-2H3,(H,20,23). The summed E-state index contributed by atoms with van der Waals surface area (Å²) in [7, 11) is 1.64. The van der Waals surface area contributed by atoms with Gasteiger partial charge in [0.2, 0.25) is 0 Å². The molecular weight excluding hydrogens is 306 g/mol. The highest BCUT2D eigenvalue weighted by molar-refractivity contribution is 6.03. The third-order valence-electron chi connectivity index (χ3n) is 3.59. The lowest BCUT2D eigenvalue weighted by molar-refractivity contribution is 0.102. The molecule has 0 saturated carbocycles. The van der Waals surface area contributed by atoms with E-state index >= 15 is 0 Å². The molecule has 2 heterocycles. The summed E-state index contributed by atoms with van der Waals surface area (Å²) >= 11 is 0. The molecule has 7 nitrogen and oxygen atoms in total.